The maximum absolute atomic E-state index is 13.0. The van der Waals surface area contributed by atoms with Gasteiger partial charge in [-0.05, 0) is 53.6 Å². The van der Waals surface area contributed by atoms with Crippen molar-refractivity contribution < 1.29 is 13.2 Å². The number of anilines is 1. The molecule has 1 aromatic heterocycles. The first-order valence-electron chi connectivity index (χ1n) is 9.45. The first-order valence-corrected chi connectivity index (χ1v) is 11.6. The van der Waals surface area contributed by atoms with Gasteiger partial charge in [0.25, 0.3) is 0 Å². The zero-order chi connectivity index (χ0) is 22.0. The third kappa shape index (κ3) is 4.57. The summed E-state index contributed by atoms with van der Waals surface area (Å²) in [5.74, 6) is -0.480. The van der Waals surface area contributed by atoms with Crippen LogP contribution in [0.25, 0.3) is 5.69 Å². The number of aromatic nitrogens is 4. The van der Waals surface area contributed by atoms with Gasteiger partial charge in [0, 0.05) is 24.7 Å². The van der Waals surface area contributed by atoms with Crippen molar-refractivity contribution in [2.24, 2.45) is 5.92 Å². The number of halogens is 2. The highest BCUT2D eigenvalue weighted by Crippen LogP contribution is 2.33. The molecule has 0 atom stereocenters. The molecule has 0 unspecified atom stereocenters. The zero-order valence-corrected chi connectivity index (χ0v) is 18.5. The maximum atomic E-state index is 13.0. The molecular formula is C19H18Cl2N6O3S. The number of amides is 1. The van der Waals surface area contributed by atoms with Gasteiger partial charge in [-0.1, -0.05) is 35.3 Å². The van der Waals surface area contributed by atoms with Gasteiger partial charge in [0.2, 0.25) is 15.9 Å². The molecule has 0 bridgehead atoms. The summed E-state index contributed by atoms with van der Waals surface area (Å²) in [6, 6.07) is 11.7. The topological polar surface area (TPSA) is 110 Å². The monoisotopic (exact) mass is 480 g/mol. The van der Waals surface area contributed by atoms with Gasteiger partial charge in [0.15, 0.2) is 0 Å². The number of piperidine rings is 1. The van der Waals surface area contributed by atoms with Gasteiger partial charge in [-0.2, -0.15) is 4.31 Å². The molecule has 1 aliphatic heterocycles. The Morgan fingerprint density at radius 2 is 1.74 bits per heavy atom. The molecule has 2 aromatic carbocycles. The molecule has 1 saturated heterocycles. The number of tetrazole rings is 1. The molecule has 4 rings (SSSR count). The Labute approximate surface area is 189 Å². The maximum Gasteiger partial charge on any atom is 0.246 e. The Kier molecular flexibility index (Phi) is 6.24. The van der Waals surface area contributed by atoms with E-state index in [1.54, 1.807) is 24.3 Å². The Bertz CT molecular complexity index is 1170. The lowest BCUT2D eigenvalue weighted by atomic mass is 9.97. The third-order valence-corrected chi connectivity index (χ3v) is 7.92. The standard InChI is InChI=1S/C19H18Cl2N6O3S/c20-16-5-2-6-17(21)18(16)31(29,30)26-9-7-13(8-10-26)19(28)23-14-3-1-4-15(11-14)27-12-22-24-25-27/h1-6,11-13H,7-10H2,(H,23,28). The van der Waals surface area contributed by atoms with Gasteiger partial charge < -0.3 is 5.32 Å². The minimum atomic E-state index is -3.85. The summed E-state index contributed by atoms with van der Waals surface area (Å²) in [6.45, 7) is 0.402. The number of hydrogen-bond acceptors (Lipinski definition) is 6. The molecule has 3 aromatic rings. The van der Waals surface area contributed by atoms with Gasteiger partial charge in [-0.25, -0.2) is 13.1 Å². The van der Waals surface area contributed by atoms with E-state index in [0.717, 1.165) is 0 Å². The third-order valence-electron chi connectivity index (χ3n) is 5.07. The van der Waals surface area contributed by atoms with Crippen LogP contribution in [0, 0.1) is 5.92 Å². The van der Waals surface area contributed by atoms with Crippen molar-refractivity contribution >= 4 is 44.8 Å². The molecule has 31 heavy (non-hydrogen) atoms. The predicted octanol–water partition coefficient (Wildman–Crippen LogP) is 3.01. The number of rotatable bonds is 5. The summed E-state index contributed by atoms with van der Waals surface area (Å²) in [5, 5.41) is 14.1. The van der Waals surface area contributed by atoms with Crippen LogP contribution in [0.15, 0.2) is 53.7 Å². The molecule has 1 fully saturated rings. The van der Waals surface area contributed by atoms with E-state index in [1.807, 2.05) is 6.07 Å². The molecule has 0 spiro atoms. The summed E-state index contributed by atoms with van der Waals surface area (Å²) in [6.07, 6.45) is 2.24. The van der Waals surface area contributed by atoms with Crippen molar-refractivity contribution in [2.45, 2.75) is 17.7 Å². The van der Waals surface area contributed by atoms with E-state index in [0.29, 0.717) is 24.2 Å². The van der Waals surface area contributed by atoms with Gasteiger partial charge >= 0.3 is 0 Å². The van der Waals surface area contributed by atoms with Crippen LogP contribution < -0.4 is 5.32 Å². The summed E-state index contributed by atoms with van der Waals surface area (Å²) in [7, 11) is -3.85. The van der Waals surface area contributed by atoms with Gasteiger partial charge in [0.05, 0.1) is 15.7 Å². The Balaban J connectivity index is 1.41. The van der Waals surface area contributed by atoms with E-state index in [4.69, 9.17) is 23.2 Å². The van der Waals surface area contributed by atoms with Crippen molar-refractivity contribution in [3.63, 3.8) is 0 Å². The fourth-order valence-corrected chi connectivity index (χ4v) is 6.03. The Hall–Kier alpha value is -2.53. The van der Waals surface area contributed by atoms with Crippen LogP contribution in [0.5, 0.6) is 0 Å². The number of benzene rings is 2. The average Bonchev–Trinajstić information content (AvgIpc) is 3.29. The number of nitrogens with one attached hydrogen (secondary N) is 1. The second kappa shape index (κ2) is 8.91. The number of carbonyl (C=O) groups excluding carboxylic acids is 1. The Morgan fingerprint density at radius 1 is 1.06 bits per heavy atom. The van der Waals surface area contributed by atoms with E-state index < -0.39 is 10.0 Å². The molecular weight excluding hydrogens is 463 g/mol. The van der Waals surface area contributed by atoms with E-state index in [1.165, 1.54) is 27.4 Å². The van der Waals surface area contributed by atoms with Gasteiger partial charge in [-0.3, -0.25) is 4.79 Å². The lowest BCUT2D eigenvalue weighted by Gasteiger charge is -2.31. The zero-order valence-electron chi connectivity index (χ0n) is 16.1. The fraction of sp³-hybridized carbons (Fsp3) is 0.263. The average molecular weight is 481 g/mol. The molecule has 162 valence electrons. The fourth-order valence-electron chi connectivity index (χ4n) is 3.47. The lowest BCUT2D eigenvalue weighted by Crippen LogP contribution is -2.41. The molecule has 1 aliphatic rings. The van der Waals surface area contributed by atoms with Crippen molar-refractivity contribution in [3.8, 4) is 5.69 Å². The molecule has 12 heteroatoms. The summed E-state index contributed by atoms with van der Waals surface area (Å²) in [5.41, 5.74) is 1.32. The van der Waals surface area contributed by atoms with E-state index in [-0.39, 0.29) is 39.9 Å². The number of sulfonamides is 1. The summed E-state index contributed by atoms with van der Waals surface area (Å²) in [4.78, 5) is 12.6. The van der Waals surface area contributed by atoms with E-state index >= 15 is 0 Å². The lowest BCUT2D eigenvalue weighted by molar-refractivity contribution is -0.120. The van der Waals surface area contributed by atoms with E-state index in [9.17, 15) is 13.2 Å². The molecule has 0 saturated carbocycles. The molecule has 0 radical (unpaired) electrons. The number of nitrogens with zero attached hydrogens (tertiary/aromatic N) is 5. The highest BCUT2D eigenvalue weighted by Gasteiger charge is 2.34. The van der Waals surface area contributed by atoms with Crippen molar-refractivity contribution in [1.82, 2.24) is 24.5 Å². The van der Waals surface area contributed by atoms with Crippen molar-refractivity contribution in [2.75, 3.05) is 18.4 Å². The smallest absolute Gasteiger partial charge is 0.246 e. The normalized spacial score (nSPS) is 15.7. The molecule has 1 amide bonds. The second-order valence-corrected chi connectivity index (χ2v) is 9.71. The number of carbonyl (C=O) groups is 1. The van der Waals surface area contributed by atoms with Crippen LogP contribution >= 0.6 is 23.2 Å². The quantitative estimate of drug-likeness (QED) is 0.600. The first-order chi connectivity index (χ1) is 14.9. The molecule has 0 aliphatic carbocycles. The van der Waals surface area contributed by atoms with E-state index in [2.05, 4.69) is 20.8 Å². The second-order valence-electron chi connectivity index (χ2n) is 7.02. The number of hydrogen-bond donors (Lipinski definition) is 1. The molecule has 1 N–H and O–H groups in total. The predicted molar refractivity (Wildman–Crippen MR) is 116 cm³/mol. The van der Waals surface area contributed by atoms with Crippen LogP contribution in [0.1, 0.15) is 12.8 Å². The van der Waals surface area contributed by atoms with Crippen LogP contribution in [0.3, 0.4) is 0 Å². The minimum Gasteiger partial charge on any atom is -0.326 e. The van der Waals surface area contributed by atoms with Crippen LogP contribution in [-0.2, 0) is 14.8 Å². The van der Waals surface area contributed by atoms with Crippen LogP contribution in [-0.4, -0.2) is 51.9 Å². The highest BCUT2D eigenvalue weighted by molar-refractivity contribution is 7.89. The largest absolute Gasteiger partial charge is 0.326 e. The summed E-state index contributed by atoms with van der Waals surface area (Å²) >= 11 is 12.2. The highest BCUT2D eigenvalue weighted by atomic mass is 35.5. The van der Waals surface area contributed by atoms with Crippen molar-refractivity contribution in [3.05, 3.63) is 58.8 Å². The SMILES string of the molecule is O=C(Nc1cccc(-n2cnnn2)c1)C1CCN(S(=O)(=O)c2c(Cl)cccc2Cl)CC1. The molecule has 9 nitrogen and oxygen atoms in total. The summed E-state index contributed by atoms with van der Waals surface area (Å²) < 4.78 is 28.8. The van der Waals surface area contributed by atoms with Crippen LogP contribution in [0.4, 0.5) is 5.69 Å². The van der Waals surface area contributed by atoms with Crippen molar-refractivity contribution in [1.29, 1.82) is 0 Å². The Morgan fingerprint density at radius 3 is 2.39 bits per heavy atom. The van der Waals surface area contributed by atoms with Gasteiger partial charge in [0.1, 0.15) is 11.2 Å². The molecule has 2 heterocycles. The van der Waals surface area contributed by atoms with Gasteiger partial charge in [-0.15, -0.1) is 5.10 Å². The first kappa shape index (κ1) is 21.7. The minimum absolute atomic E-state index is 0.0785. The van der Waals surface area contributed by atoms with Crippen LogP contribution in [0.2, 0.25) is 10.0 Å².